The maximum Gasteiger partial charge on any atom is 0.356 e. The van der Waals surface area contributed by atoms with Crippen molar-refractivity contribution < 1.29 is 15.0 Å². The molecule has 120 valence electrons. The minimum atomic E-state index is -0.962. The number of fused-ring (bicyclic) bond motifs is 3. The quantitative estimate of drug-likeness (QED) is 0.883. The van der Waals surface area contributed by atoms with Crippen molar-refractivity contribution in [3.05, 3.63) is 35.5 Å². The average Bonchev–Trinajstić information content (AvgIpc) is 2.96. The third-order valence-corrected chi connectivity index (χ3v) is 5.84. The molecule has 6 heteroatoms. The Kier molecular flexibility index (Phi) is 3.66. The summed E-state index contributed by atoms with van der Waals surface area (Å²) in [5, 5.41) is 23.7. The summed E-state index contributed by atoms with van der Waals surface area (Å²) in [5.74, 6) is -0.320. The molecule has 0 amide bonds. The number of hydrogen-bond donors (Lipinski definition) is 2. The first-order valence-electron chi connectivity index (χ1n) is 7.90. The van der Waals surface area contributed by atoms with E-state index in [1.807, 2.05) is 22.9 Å². The zero-order chi connectivity index (χ0) is 16.0. The van der Waals surface area contributed by atoms with Gasteiger partial charge in [-0.05, 0) is 31.7 Å². The Labute approximate surface area is 138 Å². The molecule has 1 fully saturated rings. The molecule has 4 rings (SSSR count). The molecule has 2 aromatic rings. The molecule has 2 aliphatic rings. The van der Waals surface area contributed by atoms with Gasteiger partial charge >= 0.3 is 5.97 Å². The molecule has 1 aromatic carbocycles. The lowest BCUT2D eigenvalue weighted by molar-refractivity contribution is 0.0686. The number of thioether (sulfide) groups is 1. The van der Waals surface area contributed by atoms with Crippen LogP contribution in [0, 0.1) is 0 Å². The summed E-state index contributed by atoms with van der Waals surface area (Å²) in [6.45, 7) is 0. The van der Waals surface area contributed by atoms with Crippen LogP contribution in [0.3, 0.4) is 0 Å². The van der Waals surface area contributed by atoms with E-state index in [1.54, 1.807) is 11.8 Å². The van der Waals surface area contributed by atoms with Crippen LogP contribution < -0.4 is 0 Å². The molecule has 0 bridgehead atoms. The predicted octanol–water partition coefficient (Wildman–Crippen LogP) is 3.33. The minimum absolute atomic E-state index is 0.163. The fourth-order valence-electron chi connectivity index (χ4n) is 3.57. The van der Waals surface area contributed by atoms with Gasteiger partial charge in [0.2, 0.25) is 0 Å². The summed E-state index contributed by atoms with van der Waals surface area (Å²) < 4.78 is 1.92. The van der Waals surface area contributed by atoms with Gasteiger partial charge in [0.1, 0.15) is 0 Å². The second kappa shape index (κ2) is 5.69. The van der Waals surface area contributed by atoms with Gasteiger partial charge in [-0.1, -0.05) is 18.2 Å². The van der Waals surface area contributed by atoms with Gasteiger partial charge in [-0.25, -0.2) is 4.79 Å². The van der Waals surface area contributed by atoms with Crippen molar-refractivity contribution in [1.82, 2.24) is 9.78 Å². The molecule has 0 atom stereocenters. The number of aliphatic hydroxyl groups excluding tert-OH is 1. The number of hydrogen-bond acceptors (Lipinski definition) is 4. The van der Waals surface area contributed by atoms with E-state index < -0.39 is 5.97 Å². The Morgan fingerprint density at radius 3 is 2.70 bits per heavy atom. The van der Waals surface area contributed by atoms with E-state index in [9.17, 15) is 15.0 Å². The smallest absolute Gasteiger partial charge is 0.356 e. The maximum atomic E-state index is 11.6. The highest BCUT2D eigenvalue weighted by molar-refractivity contribution is 7.98. The van der Waals surface area contributed by atoms with Crippen LogP contribution in [0.15, 0.2) is 29.2 Å². The lowest BCUT2D eigenvalue weighted by Crippen LogP contribution is -2.22. The largest absolute Gasteiger partial charge is 0.476 e. The number of rotatable bonds is 2. The number of carboxylic acids is 1. The first-order valence-corrected chi connectivity index (χ1v) is 8.88. The van der Waals surface area contributed by atoms with E-state index in [1.165, 1.54) is 4.90 Å². The Morgan fingerprint density at radius 1 is 1.22 bits per heavy atom. The number of nitrogens with zero attached hydrogens (tertiary/aromatic N) is 2. The highest BCUT2D eigenvalue weighted by Crippen LogP contribution is 2.45. The van der Waals surface area contributed by atoms with Crippen molar-refractivity contribution >= 4 is 17.7 Å². The Morgan fingerprint density at radius 2 is 1.96 bits per heavy atom. The SMILES string of the molecule is O=C(O)c1nn(C2CCC(O)CC2)c2c1CSc1ccccc1-2. The van der Waals surface area contributed by atoms with E-state index in [0.29, 0.717) is 5.75 Å². The van der Waals surface area contributed by atoms with E-state index in [2.05, 4.69) is 11.2 Å². The van der Waals surface area contributed by atoms with Crippen LogP contribution >= 0.6 is 11.8 Å². The van der Waals surface area contributed by atoms with E-state index in [4.69, 9.17) is 0 Å². The first kappa shape index (κ1) is 14.8. The number of carbonyl (C=O) groups is 1. The third kappa shape index (κ3) is 2.46. The molecule has 0 saturated heterocycles. The predicted molar refractivity (Wildman–Crippen MR) is 87.7 cm³/mol. The summed E-state index contributed by atoms with van der Waals surface area (Å²) in [7, 11) is 0. The van der Waals surface area contributed by atoms with Crippen LogP contribution in [0.2, 0.25) is 0 Å². The van der Waals surface area contributed by atoms with Crippen molar-refractivity contribution in [1.29, 1.82) is 0 Å². The number of aromatic nitrogens is 2. The summed E-state index contributed by atoms with van der Waals surface area (Å²) in [6.07, 6.45) is 2.93. The summed E-state index contributed by atoms with van der Waals surface area (Å²) >= 11 is 1.67. The van der Waals surface area contributed by atoms with Gasteiger partial charge in [0.15, 0.2) is 5.69 Å². The fourth-order valence-corrected chi connectivity index (χ4v) is 4.64. The van der Waals surface area contributed by atoms with Gasteiger partial charge in [0.25, 0.3) is 0 Å². The van der Waals surface area contributed by atoms with Crippen molar-refractivity contribution in [3.63, 3.8) is 0 Å². The van der Waals surface area contributed by atoms with Crippen molar-refractivity contribution in [2.24, 2.45) is 0 Å². The van der Waals surface area contributed by atoms with Crippen LogP contribution in [0.1, 0.15) is 47.8 Å². The number of benzene rings is 1. The Balaban J connectivity index is 1.86. The molecule has 0 radical (unpaired) electrons. The molecular weight excluding hydrogens is 312 g/mol. The molecule has 2 N–H and O–H groups in total. The second-order valence-electron chi connectivity index (χ2n) is 6.17. The van der Waals surface area contributed by atoms with E-state index >= 15 is 0 Å². The van der Waals surface area contributed by atoms with Crippen LogP contribution in [0.5, 0.6) is 0 Å². The molecule has 1 aliphatic carbocycles. The van der Waals surface area contributed by atoms with Gasteiger partial charge in [-0.15, -0.1) is 11.8 Å². The average molecular weight is 330 g/mol. The van der Waals surface area contributed by atoms with Crippen molar-refractivity contribution in [3.8, 4) is 11.3 Å². The lowest BCUT2D eigenvalue weighted by atomic mass is 9.92. The van der Waals surface area contributed by atoms with Gasteiger partial charge in [0.05, 0.1) is 17.8 Å². The molecule has 5 nitrogen and oxygen atoms in total. The summed E-state index contributed by atoms with van der Waals surface area (Å²) in [4.78, 5) is 12.8. The number of aromatic carboxylic acids is 1. The van der Waals surface area contributed by atoms with E-state index in [0.717, 1.165) is 42.5 Å². The highest BCUT2D eigenvalue weighted by Gasteiger charge is 2.32. The Hall–Kier alpha value is -1.79. The minimum Gasteiger partial charge on any atom is -0.476 e. The molecular formula is C17H18N2O3S. The molecule has 1 aromatic heterocycles. The van der Waals surface area contributed by atoms with Gasteiger partial charge in [-0.2, -0.15) is 5.10 Å². The van der Waals surface area contributed by atoms with Gasteiger partial charge in [0, 0.05) is 21.8 Å². The second-order valence-corrected chi connectivity index (χ2v) is 7.19. The highest BCUT2D eigenvalue weighted by atomic mass is 32.2. The third-order valence-electron chi connectivity index (χ3n) is 4.74. The molecule has 0 spiro atoms. The monoisotopic (exact) mass is 330 g/mol. The molecule has 2 heterocycles. The van der Waals surface area contributed by atoms with Crippen LogP contribution in [-0.2, 0) is 5.75 Å². The molecule has 1 saturated carbocycles. The number of aliphatic hydroxyl groups is 1. The molecule has 1 aliphatic heterocycles. The molecule has 23 heavy (non-hydrogen) atoms. The summed E-state index contributed by atoms with van der Waals surface area (Å²) in [6, 6.07) is 8.27. The van der Waals surface area contributed by atoms with Gasteiger partial charge < -0.3 is 10.2 Å². The zero-order valence-electron chi connectivity index (χ0n) is 12.6. The first-order chi connectivity index (χ1) is 11.1. The normalized spacial score (nSPS) is 23.2. The lowest BCUT2D eigenvalue weighted by Gasteiger charge is -2.28. The molecule has 0 unspecified atom stereocenters. The van der Waals surface area contributed by atoms with E-state index in [-0.39, 0.29) is 17.8 Å². The number of carboxylic acid groups (broad SMARTS) is 1. The summed E-state index contributed by atoms with van der Waals surface area (Å²) in [5.41, 5.74) is 3.03. The fraction of sp³-hybridized carbons (Fsp3) is 0.412. The Bertz CT molecular complexity index is 763. The van der Waals surface area contributed by atoms with Crippen LogP contribution in [-0.4, -0.2) is 32.1 Å². The van der Waals surface area contributed by atoms with Crippen LogP contribution in [0.4, 0.5) is 0 Å². The zero-order valence-corrected chi connectivity index (χ0v) is 13.4. The topological polar surface area (TPSA) is 75.3 Å². The maximum absolute atomic E-state index is 11.6. The van der Waals surface area contributed by atoms with Gasteiger partial charge in [-0.3, -0.25) is 4.68 Å². The van der Waals surface area contributed by atoms with Crippen molar-refractivity contribution in [2.45, 2.75) is 48.5 Å². The standard InChI is InChI=1S/C17H18N2O3S/c20-11-7-5-10(6-8-11)19-16-12-3-1-2-4-14(12)23-9-13(16)15(18-19)17(21)22/h1-4,10-11,20H,5-9H2,(H,21,22). The van der Waals surface area contributed by atoms with Crippen molar-refractivity contribution in [2.75, 3.05) is 0 Å². The van der Waals surface area contributed by atoms with Crippen LogP contribution in [0.25, 0.3) is 11.3 Å².